The lowest BCUT2D eigenvalue weighted by Crippen LogP contribution is -2.10. The van der Waals surface area contributed by atoms with E-state index in [1.807, 2.05) is 17.5 Å². The van der Waals surface area contributed by atoms with Gasteiger partial charge in [0, 0.05) is 5.56 Å². The third-order valence-electron chi connectivity index (χ3n) is 3.03. The quantitative estimate of drug-likeness (QED) is 0.743. The van der Waals surface area contributed by atoms with Gasteiger partial charge in [-0.1, -0.05) is 57.2 Å². The lowest BCUT2D eigenvalue weighted by Gasteiger charge is -2.18. The molecule has 0 aliphatic heterocycles. The number of rotatable bonds is 2. The smallest absolute Gasteiger partial charge is 0.112 e. The van der Waals surface area contributed by atoms with E-state index in [0.717, 1.165) is 16.0 Å². The highest BCUT2D eigenvalue weighted by atomic mass is 32.1. The molecule has 0 fully saturated rings. The molecular formula is C17H17NS. The fourth-order valence-electron chi connectivity index (χ4n) is 1.82. The Morgan fingerprint density at radius 2 is 1.74 bits per heavy atom. The molecule has 0 saturated heterocycles. The summed E-state index contributed by atoms with van der Waals surface area (Å²) in [6.07, 6.45) is 4.05. The van der Waals surface area contributed by atoms with Gasteiger partial charge < -0.3 is 0 Å². The molecular weight excluding hydrogens is 250 g/mol. The molecule has 2 heteroatoms. The Labute approximate surface area is 118 Å². The van der Waals surface area contributed by atoms with Crippen LogP contribution in [-0.4, -0.2) is 0 Å². The van der Waals surface area contributed by atoms with Crippen molar-refractivity contribution in [3.63, 3.8) is 0 Å². The first kappa shape index (κ1) is 13.6. The van der Waals surface area contributed by atoms with Crippen molar-refractivity contribution in [3.8, 4) is 6.07 Å². The minimum absolute atomic E-state index is 0.184. The van der Waals surface area contributed by atoms with Crippen LogP contribution in [0.2, 0.25) is 0 Å². The van der Waals surface area contributed by atoms with E-state index >= 15 is 0 Å². The highest BCUT2D eigenvalue weighted by Crippen LogP contribution is 2.23. The molecule has 1 heterocycles. The minimum atomic E-state index is 0.184. The zero-order valence-corrected chi connectivity index (χ0v) is 12.3. The molecule has 0 amide bonds. The lowest BCUT2D eigenvalue weighted by molar-refractivity contribution is 0.590. The minimum Gasteiger partial charge on any atom is -0.192 e. The third-order valence-corrected chi connectivity index (χ3v) is 3.86. The van der Waals surface area contributed by atoms with Gasteiger partial charge in [0.25, 0.3) is 0 Å². The Morgan fingerprint density at radius 1 is 1.05 bits per heavy atom. The molecule has 2 aromatic rings. The summed E-state index contributed by atoms with van der Waals surface area (Å²) in [6.45, 7) is 6.63. The maximum absolute atomic E-state index is 8.96. The molecule has 1 aromatic carbocycles. The highest BCUT2D eigenvalue weighted by Gasteiger charge is 2.12. The Balaban J connectivity index is 2.19. The zero-order chi connectivity index (χ0) is 13.9. The first-order chi connectivity index (χ1) is 9.00. The van der Waals surface area contributed by atoms with E-state index in [1.54, 1.807) is 0 Å². The van der Waals surface area contributed by atoms with Crippen LogP contribution >= 0.6 is 11.3 Å². The standard InChI is InChI=1S/C17H17NS/c1-17(2,3)15-8-5-13(6-9-15)4-7-14-10-11-19-16(14)12-18/h4-11H,1-3H3/b7-4+. The van der Waals surface area contributed by atoms with Crippen molar-refractivity contribution < 1.29 is 0 Å². The van der Waals surface area contributed by atoms with Gasteiger partial charge in [-0.25, -0.2) is 0 Å². The highest BCUT2D eigenvalue weighted by molar-refractivity contribution is 7.10. The number of hydrogen-bond acceptors (Lipinski definition) is 2. The normalized spacial score (nSPS) is 11.7. The largest absolute Gasteiger partial charge is 0.192 e. The van der Waals surface area contributed by atoms with E-state index < -0.39 is 0 Å². The van der Waals surface area contributed by atoms with Gasteiger partial charge in [0.15, 0.2) is 0 Å². The molecule has 0 saturated carbocycles. The van der Waals surface area contributed by atoms with Gasteiger partial charge in [0.05, 0.1) is 0 Å². The van der Waals surface area contributed by atoms with Crippen molar-refractivity contribution in [3.05, 3.63) is 57.3 Å². The van der Waals surface area contributed by atoms with Crippen molar-refractivity contribution >= 4 is 23.5 Å². The molecule has 0 radical (unpaired) electrons. The van der Waals surface area contributed by atoms with Crippen LogP contribution in [0.5, 0.6) is 0 Å². The van der Waals surface area contributed by atoms with Crippen LogP contribution in [-0.2, 0) is 5.41 Å². The number of benzene rings is 1. The molecule has 19 heavy (non-hydrogen) atoms. The van der Waals surface area contributed by atoms with E-state index in [4.69, 9.17) is 5.26 Å². The summed E-state index contributed by atoms with van der Waals surface area (Å²) < 4.78 is 0. The van der Waals surface area contributed by atoms with Gasteiger partial charge in [-0.15, -0.1) is 11.3 Å². The first-order valence-corrected chi connectivity index (χ1v) is 7.15. The molecule has 0 spiro atoms. The number of thiophene rings is 1. The van der Waals surface area contributed by atoms with Gasteiger partial charge in [0.1, 0.15) is 10.9 Å². The predicted octanol–water partition coefficient (Wildman–Crippen LogP) is 5.09. The molecule has 1 aromatic heterocycles. The van der Waals surface area contributed by atoms with E-state index in [-0.39, 0.29) is 5.41 Å². The van der Waals surface area contributed by atoms with Gasteiger partial charge in [-0.2, -0.15) is 5.26 Å². The van der Waals surface area contributed by atoms with Crippen molar-refractivity contribution in [2.45, 2.75) is 26.2 Å². The van der Waals surface area contributed by atoms with Gasteiger partial charge in [0.2, 0.25) is 0 Å². The Kier molecular flexibility index (Phi) is 3.87. The molecule has 2 rings (SSSR count). The molecule has 0 N–H and O–H groups in total. The van der Waals surface area contributed by atoms with E-state index in [9.17, 15) is 0 Å². The molecule has 0 bridgehead atoms. The summed E-state index contributed by atoms with van der Waals surface area (Å²) in [5.41, 5.74) is 3.66. The zero-order valence-electron chi connectivity index (χ0n) is 11.5. The predicted molar refractivity (Wildman–Crippen MR) is 83.1 cm³/mol. The molecule has 0 atom stereocenters. The van der Waals surface area contributed by atoms with Crippen LogP contribution in [0.1, 0.15) is 42.3 Å². The topological polar surface area (TPSA) is 23.8 Å². The average molecular weight is 267 g/mol. The monoisotopic (exact) mass is 267 g/mol. The second-order valence-corrected chi connectivity index (χ2v) is 6.44. The Morgan fingerprint density at radius 3 is 2.32 bits per heavy atom. The third kappa shape index (κ3) is 3.33. The van der Waals surface area contributed by atoms with Crippen LogP contribution in [0.15, 0.2) is 35.7 Å². The fourth-order valence-corrected chi connectivity index (χ4v) is 2.50. The summed E-state index contributed by atoms with van der Waals surface area (Å²) in [5, 5.41) is 10.9. The molecule has 1 nitrogen and oxygen atoms in total. The maximum atomic E-state index is 8.96. The van der Waals surface area contributed by atoms with E-state index in [0.29, 0.717) is 0 Å². The van der Waals surface area contributed by atoms with Crippen molar-refractivity contribution in [1.82, 2.24) is 0 Å². The van der Waals surface area contributed by atoms with E-state index in [1.165, 1.54) is 16.9 Å². The Bertz CT molecular complexity index is 619. The van der Waals surface area contributed by atoms with Crippen LogP contribution in [0.4, 0.5) is 0 Å². The first-order valence-electron chi connectivity index (χ1n) is 6.27. The van der Waals surface area contributed by atoms with Crippen LogP contribution in [0, 0.1) is 11.3 Å². The maximum Gasteiger partial charge on any atom is 0.112 e. The average Bonchev–Trinajstić information content (AvgIpc) is 2.83. The second kappa shape index (κ2) is 5.42. The van der Waals surface area contributed by atoms with Gasteiger partial charge in [-0.3, -0.25) is 0 Å². The lowest BCUT2D eigenvalue weighted by atomic mass is 9.87. The Hall–Kier alpha value is -1.85. The summed E-state index contributed by atoms with van der Waals surface area (Å²) >= 11 is 1.48. The van der Waals surface area contributed by atoms with E-state index in [2.05, 4.69) is 57.2 Å². The second-order valence-electron chi connectivity index (χ2n) is 5.52. The molecule has 0 aliphatic carbocycles. The molecule has 96 valence electrons. The SMILES string of the molecule is CC(C)(C)c1ccc(/C=C/c2ccsc2C#N)cc1. The van der Waals surface area contributed by atoms with Crippen molar-refractivity contribution in [2.75, 3.05) is 0 Å². The van der Waals surface area contributed by atoms with Gasteiger partial charge >= 0.3 is 0 Å². The summed E-state index contributed by atoms with van der Waals surface area (Å²) in [4.78, 5) is 0.766. The number of nitriles is 1. The fraction of sp³-hybridized carbons (Fsp3) is 0.235. The number of nitrogens with zero attached hydrogens (tertiary/aromatic N) is 1. The van der Waals surface area contributed by atoms with Crippen LogP contribution in [0.25, 0.3) is 12.2 Å². The van der Waals surface area contributed by atoms with Gasteiger partial charge in [-0.05, 0) is 28.0 Å². The van der Waals surface area contributed by atoms with Crippen LogP contribution < -0.4 is 0 Å². The summed E-state index contributed by atoms with van der Waals surface area (Å²) in [6, 6.07) is 12.8. The van der Waals surface area contributed by atoms with Crippen LogP contribution in [0.3, 0.4) is 0 Å². The molecule has 0 aliphatic rings. The number of hydrogen-bond donors (Lipinski definition) is 0. The summed E-state index contributed by atoms with van der Waals surface area (Å²) in [5.74, 6) is 0. The molecule has 0 unspecified atom stereocenters. The van der Waals surface area contributed by atoms with Crippen molar-refractivity contribution in [2.24, 2.45) is 0 Å². The summed E-state index contributed by atoms with van der Waals surface area (Å²) in [7, 11) is 0. The van der Waals surface area contributed by atoms with Crippen molar-refractivity contribution in [1.29, 1.82) is 5.26 Å².